The molecule has 0 fully saturated rings. The molecule has 0 unspecified atom stereocenters. The largest absolute Gasteiger partial charge is 0.481 e. The Kier molecular flexibility index (Phi) is 8.31. The van der Waals surface area contributed by atoms with E-state index in [4.69, 9.17) is 9.47 Å². The van der Waals surface area contributed by atoms with Gasteiger partial charge in [-0.25, -0.2) is 4.39 Å². The summed E-state index contributed by atoms with van der Waals surface area (Å²) in [4.78, 5) is 27.7. The first-order chi connectivity index (χ1) is 16.2. The molecule has 2 aromatic carbocycles. The van der Waals surface area contributed by atoms with Crippen molar-refractivity contribution in [3.63, 3.8) is 0 Å². The third kappa shape index (κ3) is 5.95. The zero-order valence-electron chi connectivity index (χ0n) is 20.7. The van der Waals surface area contributed by atoms with Crippen molar-refractivity contribution in [3.05, 3.63) is 65.0 Å². The Labute approximate surface area is 201 Å². The third-order valence-electron chi connectivity index (χ3n) is 5.96. The number of amides is 2. The molecule has 2 aromatic rings. The fraction of sp³-hybridized carbons (Fsp3) is 0.481. The molecule has 0 saturated heterocycles. The van der Waals surface area contributed by atoms with E-state index in [-0.39, 0.29) is 17.6 Å². The smallest absolute Gasteiger partial charge is 0.261 e. The number of nitrogens with zero attached hydrogens (tertiary/aromatic N) is 1. The molecule has 0 spiro atoms. The minimum Gasteiger partial charge on any atom is -0.481 e. The summed E-state index contributed by atoms with van der Waals surface area (Å²) in [7, 11) is 1.58. The van der Waals surface area contributed by atoms with E-state index in [0.717, 1.165) is 11.1 Å². The summed E-state index contributed by atoms with van der Waals surface area (Å²) >= 11 is 0. The van der Waals surface area contributed by atoms with Crippen molar-refractivity contribution in [3.8, 4) is 5.75 Å². The maximum atomic E-state index is 14.2. The standard InChI is InChI=1S/C27H35FN2O4/c1-6-23(25(31)29-13-15-33-5)34-21-11-10-18-12-14-30(26(32)27(2,3)4)24(22(18)17-21)19-8-7-9-20(28)16-19/h7-11,16-17,23-24H,6,12-15H2,1-5H3,(H,29,31)/t23-,24-/m0/s1. The van der Waals surface area contributed by atoms with Crippen LogP contribution in [0.15, 0.2) is 42.5 Å². The van der Waals surface area contributed by atoms with Crippen molar-refractivity contribution >= 4 is 11.8 Å². The number of nitrogens with one attached hydrogen (secondary N) is 1. The molecule has 0 bridgehead atoms. The fourth-order valence-corrected chi connectivity index (χ4v) is 4.23. The van der Waals surface area contributed by atoms with Crippen LogP contribution in [-0.4, -0.2) is 49.6 Å². The first-order valence-electron chi connectivity index (χ1n) is 11.8. The molecule has 0 aromatic heterocycles. The van der Waals surface area contributed by atoms with E-state index in [1.165, 1.54) is 12.1 Å². The number of benzene rings is 2. The van der Waals surface area contributed by atoms with Crippen LogP contribution in [0.1, 0.15) is 56.8 Å². The molecule has 3 rings (SSSR count). The van der Waals surface area contributed by atoms with Gasteiger partial charge in [0.15, 0.2) is 6.10 Å². The van der Waals surface area contributed by atoms with Crippen molar-refractivity contribution in [2.45, 2.75) is 52.7 Å². The number of ether oxygens (including phenoxy) is 2. The molecule has 0 saturated carbocycles. The quantitative estimate of drug-likeness (QED) is 0.586. The lowest BCUT2D eigenvalue weighted by Crippen LogP contribution is -2.45. The van der Waals surface area contributed by atoms with Crippen LogP contribution in [0.5, 0.6) is 5.75 Å². The Morgan fingerprint density at radius 1 is 1.21 bits per heavy atom. The Bertz CT molecular complexity index is 1020. The zero-order chi connectivity index (χ0) is 24.9. The highest BCUT2D eigenvalue weighted by Gasteiger charge is 2.37. The molecule has 1 aliphatic rings. The average Bonchev–Trinajstić information content (AvgIpc) is 2.80. The average molecular weight is 471 g/mol. The van der Waals surface area contributed by atoms with E-state index in [1.807, 2.05) is 56.9 Å². The second-order valence-electron chi connectivity index (χ2n) is 9.62. The number of carbonyl (C=O) groups excluding carboxylic acids is 2. The number of carbonyl (C=O) groups is 2. The summed E-state index contributed by atoms with van der Waals surface area (Å²) in [6.45, 7) is 8.93. The molecular formula is C27H35FN2O4. The summed E-state index contributed by atoms with van der Waals surface area (Å²) in [5.74, 6) is -0.0101. The Morgan fingerprint density at radius 2 is 1.97 bits per heavy atom. The minimum absolute atomic E-state index is 0.00249. The number of methoxy groups -OCH3 is 1. The summed E-state index contributed by atoms with van der Waals surface area (Å²) in [5, 5.41) is 2.81. The number of hydrogen-bond donors (Lipinski definition) is 1. The first kappa shape index (κ1) is 25.7. The van der Waals surface area contributed by atoms with Crippen LogP contribution in [-0.2, 0) is 20.7 Å². The lowest BCUT2D eigenvalue weighted by molar-refractivity contribution is -0.141. The lowest BCUT2D eigenvalue weighted by atomic mass is 9.85. The van der Waals surface area contributed by atoms with Gasteiger partial charge in [-0.15, -0.1) is 0 Å². The molecule has 2 atom stereocenters. The molecule has 2 amide bonds. The molecular weight excluding hydrogens is 435 g/mol. The molecule has 0 aliphatic carbocycles. The summed E-state index contributed by atoms with van der Waals surface area (Å²) < 4.78 is 25.2. The molecule has 7 heteroatoms. The van der Waals surface area contributed by atoms with Gasteiger partial charge in [0.2, 0.25) is 5.91 Å². The Balaban J connectivity index is 1.97. The predicted octanol–water partition coefficient (Wildman–Crippen LogP) is 4.27. The van der Waals surface area contributed by atoms with Crippen molar-refractivity contribution < 1.29 is 23.5 Å². The summed E-state index contributed by atoms with van der Waals surface area (Å²) in [5.41, 5.74) is 2.10. The molecule has 1 heterocycles. The van der Waals surface area contributed by atoms with Gasteiger partial charge in [-0.05, 0) is 53.8 Å². The topological polar surface area (TPSA) is 67.9 Å². The zero-order valence-corrected chi connectivity index (χ0v) is 20.7. The summed E-state index contributed by atoms with van der Waals surface area (Å²) in [6, 6.07) is 11.7. The highest BCUT2D eigenvalue weighted by molar-refractivity contribution is 5.83. The minimum atomic E-state index is -0.654. The van der Waals surface area contributed by atoms with E-state index in [1.54, 1.807) is 13.2 Å². The van der Waals surface area contributed by atoms with Crippen molar-refractivity contribution in [2.75, 3.05) is 26.8 Å². The number of fused-ring (bicyclic) bond motifs is 1. The monoisotopic (exact) mass is 470 g/mol. The van der Waals surface area contributed by atoms with Crippen LogP contribution in [0.2, 0.25) is 0 Å². The van der Waals surface area contributed by atoms with Gasteiger partial charge in [-0.2, -0.15) is 0 Å². The van der Waals surface area contributed by atoms with Crippen LogP contribution in [0.25, 0.3) is 0 Å². The van der Waals surface area contributed by atoms with Gasteiger partial charge >= 0.3 is 0 Å². The molecule has 0 radical (unpaired) electrons. The van der Waals surface area contributed by atoms with Crippen LogP contribution in [0.4, 0.5) is 4.39 Å². The van der Waals surface area contributed by atoms with Crippen LogP contribution in [0, 0.1) is 11.2 Å². The Morgan fingerprint density at radius 3 is 2.62 bits per heavy atom. The maximum absolute atomic E-state index is 14.2. The molecule has 1 aliphatic heterocycles. The number of rotatable bonds is 8. The van der Waals surface area contributed by atoms with Gasteiger partial charge in [0.25, 0.3) is 5.91 Å². The van der Waals surface area contributed by atoms with Gasteiger partial charge in [0.1, 0.15) is 11.6 Å². The third-order valence-corrected chi connectivity index (χ3v) is 5.96. The molecule has 1 N–H and O–H groups in total. The number of hydrogen-bond acceptors (Lipinski definition) is 4. The van der Waals surface area contributed by atoms with Crippen LogP contribution >= 0.6 is 0 Å². The van der Waals surface area contributed by atoms with E-state index in [0.29, 0.717) is 43.9 Å². The van der Waals surface area contributed by atoms with Crippen molar-refractivity contribution in [2.24, 2.45) is 5.41 Å². The van der Waals surface area contributed by atoms with E-state index in [9.17, 15) is 14.0 Å². The van der Waals surface area contributed by atoms with Gasteiger partial charge in [-0.3, -0.25) is 9.59 Å². The normalized spacial score (nSPS) is 16.5. The van der Waals surface area contributed by atoms with E-state index >= 15 is 0 Å². The van der Waals surface area contributed by atoms with Gasteiger partial charge in [-0.1, -0.05) is 45.9 Å². The second kappa shape index (κ2) is 11.0. The SMILES string of the molecule is CC[C@H](Oc1ccc2c(c1)[C@H](c1cccc(F)c1)N(C(=O)C(C)(C)C)CC2)C(=O)NCCOC. The second-order valence-corrected chi connectivity index (χ2v) is 9.62. The summed E-state index contributed by atoms with van der Waals surface area (Å²) in [6.07, 6.45) is 0.536. The lowest BCUT2D eigenvalue weighted by Gasteiger charge is -2.41. The predicted molar refractivity (Wildman–Crippen MR) is 129 cm³/mol. The van der Waals surface area contributed by atoms with Gasteiger partial charge < -0.3 is 19.7 Å². The highest BCUT2D eigenvalue weighted by Crippen LogP contribution is 2.39. The fourth-order valence-electron chi connectivity index (χ4n) is 4.23. The number of halogens is 1. The molecule has 184 valence electrons. The van der Waals surface area contributed by atoms with Crippen molar-refractivity contribution in [1.82, 2.24) is 10.2 Å². The van der Waals surface area contributed by atoms with Crippen molar-refractivity contribution in [1.29, 1.82) is 0 Å². The van der Waals surface area contributed by atoms with E-state index in [2.05, 4.69) is 5.32 Å². The molecule has 6 nitrogen and oxygen atoms in total. The highest BCUT2D eigenvalue weighted by atomic mass is 19.1. The van der Waals surface area contributed by atoms with Crippen LogP contribution in [0.3, 0.4) is 0 Å². The van der Waals surface area contributed by atoms with E-state index < -0.39 is 17.6 Å². The van der Waals surface area contributed by atoms with Gasteiger partial charge in [0, 0.05) is 25.6 Å². The first-order valence-corrected chi connectivity index (χ1v) is 11.8. The molecule has 34 heavy (non-hydrogen) atoms. The maximum Gasteiger partial charge on any atom is 0.261 e. The van der Waals surface area contributed by atoms with Crippen LogP contribution < -0.4 is 10.1 Å². The van der Waals surface area contributed by atoms with Gasteiger partial charge in [0.05, 0.1) is 12.6 Å². The Hall–Kier alpha value is -2.93.